The van der Waals surface area contributed by atoms with Crippen LogP contribution < -0.4 is 15.0 Å². The van der Waals surface area contributed by atoms with Crippen molar-refractivity contribution < 1.29 is 13.2 Å². The Bertz CT molecular complexity index is 1120. The number of methoxy groups -OCH3 is 1. The van der Waals surface area contributed by atoms with E-state index in [0.29, 0.717) is 22.5 Å². The first-order valence-electron chi connectivity index (χ1n) is 7.61. The highest BCUT2D eigenvalue weighted by Crippen LogP contribution is 2.24. The van der Waals surface area contributed by atoms with Gasteiger partial charge in [0, 0.05) is 5.56 Å². The fraction of sp³-hybridized carbons (Fsp3) is 0.167. The van der Waals surface area contributed by atoms with E-state index in [9.17, 15) is 13.2 Å². The van der Waals surface area contributed by atoms with Gasteiger partial charge in [-0.1, -0.05) is 6.07 Å². The van der Waals surface area contributed by atoms with Crippen LogP contribution in [-0.2, 0) is 10.0 Å². The number of benzene rings is 2. The normalized spacial score (nSPS) is 11.5. The first-order chi connectivity index (χ1) is 11.8. The highest BCUT2D eigenvalue weighted by molar-refractivity contribution is 7.92. The topological polar surface area (TPSA) is 88.3 Å². The molecule has 0 amide bonds. The van der Waals surface area contributed by atoms with Crippen LogP contribution in [0, 0.1) is 13.8 Å². The highest BCUT2D eigenvalue weighted by atomic mass is 32.2. The molecule has 0 aliphatic rings. The fourth-order valence-electron chi connectivity index (χ4n) is 2.61. The van der Waals surface area contributed by atoms with Crippen molar-refractivity contribution in [1.29, 1.82) is 0 Å². The third-order valence-electron chi connectivity index (χ3n) is 3.96. The van der Waals surface area contributed by atoms with E-state index in [1.807, 2.05) is 0 Å². The van der Waals surface area contributed by atoms with Crippen LogP contribution in [0.25, 0.3) is 10.9 Å². The largest absolute Gasteiger partial charge is 0.496 e. The highest BCUT2D eigenvalue weighted by Gasteiger charge is 2.16. The van der Waals surface area contributed by atoms with E-state index in [-0.39, 0.29) is 10.5 Å². The molecule has 7 heteroatoms. The lowest BCUT2D eigenvalue weighted by molar-refractivity contribution is 0.411. The monoisotopic (exact) mass is 358 g/mol. The molecule has 0 aliphatic carbocycles. The van der Waals surface area contributed by atoms with Crippen LogP contribution in [-0.4, -0.2) is 20.5 Å². The van der Waals surface area contributed by atoms with Gasteiger partial charge in [-0.15, -0.1) is 0 Å². The number of pyridine rings is 1. The predicted octanol–water partition coefficient (Wildman–Crippen LogP) is 2.95. The number of hydrogen-bond acceptors (Lipinski definition) is 4. The lowest BCUT2D eigenvalue weighted by atomic mass is 10.1. The molecule has 0 saturated heterocycles. The Morgan fingerprint density at radius 3 is 2.44 bits per heavy atom. The maximum atomic E-state index is 12.6. The van der Waals surface area contributed by atoms with Gasteiger partial charge in [0.05, 0.1) is 23.2 Å². The van der Waals surface area contributed by atoms with Gasteiger partial charge in [-0.2, -0.15) is 0 Å². The summed E-state index contributed by atoms with van der Waals surface area (Å²) in [5, 5.41) is 0.834. The maximum absolute atomic E-state index is 12.6. The molecule has 3 aromatic rings. The van der Waals surface area contributed by atoms with Gasteiger partial charge >= 0.3 is 0 Å². The lowest BCUT2D eigenvalue weighted by Gasteiger charge is -2.11. The molecule has 25 heavy (non-hydrogen) atoms. The van der Waals surface area contributed by atoms with Crippen molar-refractivity contribution in [2.75, 3.05) is 11.8 Å². The zero-order valence-corrected chi connectivity index (χ0v) is 14.9. The number of hydrogen-bond donors (Lipinski definition) is 2. The Hall–Kier alpha value is -2.80. The summed E-state index contributed by atoms with van der Waals surface area (Å²) in [5.74, 6) is 0.623. The molecule has 0 saturated carbocycles. The van der Waals surface area contributed by atoms with Gasteiger partial charge in [-0.25, -0.2) is 8.42 Å². The van der Waals surface area contributed by atoms with Gasteiger partial charge < -0.3 is 9.72 Å². The molecule has 0 spiro atoms. The lowest BCUT2D eigenvalue weighted by Crippen LogP contribution is -2.14. The van der Waals surface area contributed by atoms with Crippen LogP contribution in [0.3, 0.4) is 0 Å². The molecule has 0 bridgehead atoms. The SMILES string of the molecule is COc1ccc(S(=O)(=O)Nc2ccc3cc(C)c(=O)[nH]c3c2)cc1C. The van der Waals surface area contributed by atoms with E-state index >= 15 is 0 Å². The first kappa shape index (κ1) is 17.0. The van der Waals surface area contributed by atoms with E-state index in [4.69, 9.17) is 4.74 Å². The predicted molar refractivity (Wildman–Crippen MR) is 97.8 cm³/mol. The third kappa shape index (κ3) is 3.36. The molecule has 1 aromatic heterocycles. The van der Waals surface area contributed by atoms with Crippen LogP contribution in [0.2, 0.25) is 0 Å². The maximum Gasteiger partial charge on any atom is 0.261 e. The van der Waals surface area contributed by atoms with Crippen molar-refractivity contribution in [1.82, 2.24) is 4.98 Å². The zero-order valence-electron chi connectivity index (χ0n) is 14.1. The first-order valence-corrected chi connectivity index (χ1v) is 9.09. The van der Waals surface area contributed by atoms with Crippen molar-refractivity contribution in [3.05, 3.63) is 63.9 Å². The molecule has 6 nitrogen and oxygen atoms in total. The molecule has 0 fully saturated rings. The molecular formula is C18H18N2O4S. The van der Waals surface area contributed by atoms with Crippen LogP contribution >= 0.6 is 0 Å². The van der Waals surface area contributed by atoms with Crippen LogP contribution in [0.4, 0.5) is 5.69 Å². The second-order valence-electron chi connectivity index (χ2n) is 5.82. The van der Waals surface area contributed by atoms with Gasteiger partial charge in [0.25, 0.3) is 15.6 Å². The zero-order chi connectivity index (χ0) is 18.2. The van der Waals surface area contributed by atoms with Crippen molar-refractivity contribution in [2.24, 2.45) is 0 Å². The molecule has 0 unspecified atom stereocenters. The summed E-state index contributed by atoms with van der Waals surface area (Å²) < 4.78 is 32.9. The molecule has 0 atom stereocenters. The average molecular weight is 358 g/mol. The molecule has 130 valence electrons. The quantitative estimate of drug-likeness (QED) is 0.750. The number of H-pyrrole nitrogens is 1. The number of rotatable bonds is 4. The minimum atomic E-state index is -3.75. The number of aromatic amines is 1. The summed E-state index contributed by atoms with van der Waals surface area (Å²) in [6.07, 6.45) is 0. The Labute approximate surface area is 145 Å². The number of nitrogens with one attached hydrogen (secondary N) is 2. The molecule has 2 N–H and O–H groups in total. The summed E-state index contributed by atoms with van der Waals surface area (Å²) in [6.45, 7) is 3.50. The van der Waals surface area contributed by atoms with Crippen LogP contribution in [0.15, 0.2) is 52.2 Å². The van der Waals surface area contributed by atoms with Crippen molar-refractivity contribution in [3.8, 4) is 5.75 Å². The Balaban J connectivity index is 1.98. The smallest absolute Gasteiger partial charge is 0.261 e. The van der Waals surface area contributed by atoms with Gasteiger partial charge in [-0.3, -0.25) is 9.52 Å². The Morgan fingerprint density at radius 2 is 1.76 bits per heavy atom. The van der Waals surface area contributed by atoms with Crippen molar-refractivity contribution in [2.45, 2.75) is 18.7 Å². The number of sulfonamides is 1. The summed E-state index contributed by atoms with van der Waals surface area (Å²) in [5.41, 5.74) is 2.08. The minimum absolute atomic E-state index is 0.142. The second kappa shape index (κ2) is 6.25. The molecular weight excluding hydrogens is 340 g/mol. The molecule has 0 aliphatic heterocycles. The Morgan fingerprint density at radius 1 is 1.00 bits per heavy atom. The third-order valence-corrected chi connectivity index (χ3v) is 5.34. The van der Waals surface area contributed by atoms with E-state index in [1.165, 1.54) is 13.2 Å². The second-order valence-corrected chi connectivity index (χ2v) is 7.50. The van der Waals surface area contributed by atoms with Crippen molar-refractivity contribution in [3.63, 3.8) is 0 Å². The summed E-state index contributed by atoms with van der Waals surface area (Å²) in [4.78, 5) is 14.6. The molecule has 0 radical (unpaired) electrons. The average Bonchev–Trinajstić information content (AvgIpc) is 2.56. The fourth-order valence-corrected chi connectivity index (χ4v) is 3.74. The van der Waals surface area contributed by atoms with Crippen molar-refractivity contribution >= 4 is 26.6 Å². The van der Waals surface area contributed by atoms with Crippen LogP contribution in [0.1, 0.15) is 11.1 Å². The van der Waals surface area contributed by atoms with E-state index < -0.39 is 10.0 Å². The standard InChI is InChI=1S/C18H18N2O4S/c1-11-9-15(6-7-17(11)24-3)25(22,23)20-14-5-4-13-8-12(2)18(21)19-16(13)10-14/h4-10,20H,1-3H3,(H,19,21). The molecule has 3 rings (SSSR count). The van der Waals surface area contributed by atoms with E-state index in [0.717, 1.165) is 10.9 Å². The van der Waals surface area contributed by atoms with Gasteiger partial charge in [0.15, 0.2) is 0 Å². The van der Waals surface area contributed by atoms with E-state index in [1.54, 1.807) is 50.2 Å². The summed E-state index contributed by atoms with van der Waals surface area (Å²) >= 11 is 0. The number of fused-ring (bicyclic) bond motifs is 1. The number of anilines is 1. The number of aromatic nitrogens is 1. The number of aryl methyl sites for hydroxylation is 2. The van der Waals surface area contributed by atoms with Gasteiger partial charge in [0.2, 0.25) is 0 Å². The van der Waals surface area contributed by atoms with Gasteiger partial charge in [-0.05, 0) is 61.2 Å². The minimum Gasteiger partial charge on any atom is -0.496 e. The molecule has 1 heterocycles. The Kier molecular flexibility index (Phi) is 4.26. The van der Waals surface area contributed by atoms with Crippen LogP contribution in [0.5, 0.6) is 5.75 Å². The van der Waals surface area contributed by atoms with E-state index in [2.05, 4.69) is 9.71 Å². The summed E-state index contributed by atoms with van der Waals surface area (Å²) in [6, 6.07) is 11.4. The number of ether oxygens (including phenoxy) is 1. The summed E-state index contributed by atoms with van der Waals surface area (Å²) in [7, 11) is -2.21. The molecule has 2 aromatic carbocycles. The van der Waals surface area contributed by atoms with Gasteiger partial charge in [0.1, 0.15) is 5.75 Å².